The van der Waals surface area contributed by atoms with Gasteiger partial charge < -0.3 is 10.2 Å². The molecule has 1 N–H and O–H groups in total. The maximum Gasteiger partial charge on any atom is 0.236 e. The summed E-state index contributed by atoms with van der Waals surface area (Å²) in [5.41, 5.74) is 0. The smallest absolute Gasteiger partial charge is 0.236 e. The van der Waals surface area contributed by atoms with Crippen molar-refractivity contribution in [3.05, 3.63) is 0 Å². The van der Waals surface area contributed by atoms with Gasteiger partial charge in [0.05, 0.1) is 6.54 Å². The molecule has 2 aliphatic rings. The van der Waals surface area contributed by atoms with Crippen LogP contribution in [0.2, 0.25) is 0 Å². The van der Waals surface area contributed by atoms with Gasteiger partial charge in [-0.05, 0) is 38.5 Å². The highest BCUT2D eigenvalue weighted by Crippen LogP contribution is 2.29. The fraction of sp³-hybridized carbons (Fsp3) is 0.929. The normalized spacial score (nSPS) is 23.9. The van der Waals surface area contributed by atoms with Gasteiger partial charge in [-0.15, -0.1) is 0 Å². The Morgan fingerprint density at radius 1 is 1.18 bits per heavy atom. The van der Waals surface area contributed by atoms with Crippen molar-refractivity contribution in [2.24, 2.45) is 5.92 Å². The number of nitrogens with zero attached hydrogens (tertiary/aromatic N) is 1. The van der Waals surface area contributed by atoms with Crippen molar-refractivity contribution in [3.63, 3.8) is 0 Å². The molecule has 1 aliphatic carbocycles. The van der Waals surface area contributed by atoms with Crippen molar-refractivity contribution in [2.75, 3.05) is 19.6 Å². The number of hydrogen-bond donors (Lipinski definition) is 1. The Morgan fingerprint density at radius 2 is 1.82 bits per heavy atom. The zero-order valence-corrected chi connectivity index (χ0v) is 11.1. The molecule has 2 rings (SSSR count). The van der Waals surface area contributed by atoms with Gasteiger partial charge in [-0.2, -0.15) is 0 Å². The van der Waals surface area contributed by atoms with Crippen LogP contribution in [-0.2, 0) is 4.79 Å². The van der Waals surface area contributed by atoms with Crippen LogP contribution in [0.15, 0.2) is 0 Å². The molecule has 1 heterocycles. The molecule has 0 aromatic rings. The molecule has 17 heavy (non-hydrogen) atoms. The lowest BCUT2D eigenvalue weighted by Gasteiger charge is -2.32. The van der Waals surface area contributed by atoms with E-state index in [0.717, 1.165) is 19.0 Å². The van der Waals surface area contributed by atoms with E-state index in [0.29, 0.717) is 18.5 Å². The van der Waals surface area contributed by atoms with Crippen LogP contribution in [-0.4, -0.2) is 36.5 Å². The maximum absolute atomic E-state index is 12.0. The number of likely N-dealkylation sites (tertiary alicyclic amines) is 1. The standard InChI is InChI=1S/C14H26N2O/c1-12(13-7-6-8-13)15-11-14(17)16-9-4-2-3-5-10-16/h12-13,15H,2-11H2,1H3. The zero-order valence-electron chi connectivity index (χ0n) is 11.1. The molecule has 0 bridgehead atoms. The first kappa shape index (κ1) is 12.9. The zero-order chi connectivity index (χ0) is 12.1. The van der Waals surface area contributed by atoms with Crippen molar-refractivity contribution < 1.29 is 4.79 Å². The van der Waals surface area contributed by atoms with Gasteiger partial charge >= 0.3 is 0 Å². The van der Waals surface area contributed by atoms with Crippen LogP contribution < -0.4 is 5.32 Å². The van der Waals surface area contributed by atoms with E-state index >= 15 is 0 Å². The number of nitrogens with one attached hydrogen (secondary N) is 1. The lowest BCUT2D eigenvalue weighted by molar-refractivity contribution is -0.130. The fourth-order valence-electron chi connectivity index (χ4n) is 2.79. The minimum absolute atomic E-state index is 0.304. The molecule has 3 nitrogen and oxygen atoms in total. The molecule has 98 valence electrons. The van der Waals surface area contributed by atoms with Crippen molar-refractivity contribution in [2.45, 2.75) is 57.9 Å². The molecule has 1 unspecified atom stereocenters. The topological polar surface area (TPSA) is 32.3 Å². The van der Waals surface area contributed by atoms with Gasteiger partial charge in [0.2, 0.25) is 5.91 Å². The second-order valence-electron chi connectivity index (χ2n) is 5.66. The highest BCUT2D eigenvalue weighted by molar-refractivity contribution is 5.78. The molecule has 1 atom stereocenters. The Kier molecular flexibility index (Phi) is 4.84. The second-order valence-corrected chi connectivity index (χ2v) is 5.66. The second kappa shape index (κ2) is 6.39. The number of carbonyl (C=O) groups excluding carboxylic acids is 1. The monoisotopic (exact) mass is 238 g/mol. The van der Waals surface area contributed by atoms with Crippen molar-refractivity contribution in [3.8, 4) is 0 Å². The molecule has 0 radical (unpaired) electrons. The van der Waals surface area contributed by atoms with Crippen LogP contribution in [0, 0.1) is 5.92 Å². The predicted octanol–water partition coefficient (Wildman–Crippen LogP) is 2.17. The Morgan fingerprint density at radius 3 is 2.35 bits per heavy atom. The van der Waals surface area contributed by atoms with Gasteiger partial charge in [-0.1, -0.05) is 19.3 Å². The average Bonchev–Trinajstić information content (AvgIpc) is 2.52. The number of carbonyl (C=O) groups is 1. The van der Waals surface area contributed by atoms with E-state index in [2.05, 4.69) is 12.2 Å². The molecule has 1 saturated heterocycles. The van der Waals surface area contributed by atoms with Gasteiger partial charge in [0.1, 0.15) is 0 Å². The molecule has 1 aliphatic heterocycles. The summed E-state index contributed by atoms with van der Waals surface area (Å²) in [7, 11) is 0. The van der Waals surface area contributed by atoms with Crippen LogP contribution >= 0.6 is 0 Å². The SMILES string of the molecule is CC(NCC(=O)N1CCCCCC1)C1CCC1. The Labute approximate surface area is 105 Å². The molecule has 1 amide bonds. The summed E-state index contributed by atoms with van der Waals surface area (Å²) >= 11 is 0. The van der Waals surface area contributed by atoms with Crippen molar-refractivity contribution in [1.82, 2.24) is 10.2 Å². The minimum Gasteiger partial charge on any atom is -0.342 e. The molecular weight excluding hydrogens is 212 g/mol. The van der Waals surface area contributed by atoms with E-state index in [4.69, 9.17) is 0 Å². The largest absolute Gasteiger partial charge is 0.342 e. The Balaban J connectivity index is 1.68. The van der Waals surface area contributed by atoms with E-state index in [-0.39, 0.29) is 0 Å². The average molecular weight is 238 g/mol. The maximum atomic E-state index is 12.0. The van der Waals surface area contributed by atoms with Crippen LogP contribution in [0.25, 0.3) is 0 Å². The van der Waals surface area contributed by atoms with E-state index in [1.54, 1.807) is 0 Å². The van der Waals surface area contributed by atoms with E-state index in [1.807, 2.05) is 4.90 Å². The highest BCUT2D eigenvalue weighted by Gasteiger charge is 2.24. The first-order valence-electron chi connectivity index (χ1n) is 7.28. The summed E-state index contributed by atoms with van der Waals surface area (Å²) in [6, 6.07) is 0.514. The highest BCUT2D eigenvalue weighted by atomic mass is 16.2. The summed E-state index contributed by atoms with van der Waals surface area (Å²) < 4.78 is 0. The molecule has 0 aromatic carbocycles. The quantitative estimate of drug-likeness (QED) is 0.814. The minimum atomic E-state index is 0.304. The van der Waals surface area contributed by atoms with E-state index < -0.39 is 0 Å². The van der Waals surface area contributed by atoms with Gasteiger partial charge in [0.25, 0.3) is 0 Å². The van der Waals surface area contributed by atoms with Gasteiger partial charge in [0.15, 0.2) is 0 Å². The van der Waals surface area contributed by atoms with E-state index in [1.165, 1.54) is 44.9 Å². The lowest BCUT2D eigenvalue weighted by atomic mass is 9.80. The van der Waals surface area contributed by atoms with Crippen molar-refractivity contribution in [1.29, 1.82) is 0 Å². The summed E-state index contributed by atoms with van der Waals surface area (Å²) in [6.45, 7) is 4.70. The van der Waals surface area contributed by atoms with Gasteiger partial charge in [-0.25, -0.2) is 0 Å². The summed E-state index contributed by atoms with van der Waals surface area (Å²) in [5.74, 6) is 1.12. The van der Waals surface area contributed by atoms with Crippen LogP contribution in [0.3, 0.4) is 0 Å². The molecular formula is C14H26N2O. The summed E-state index contributed by atoms with van der Waals surface area (Å²) in [4.78, 5) is 14.1. The first-order chi connectivity index (χ1) is 8.27. The summed E-state index contributed by atoms with van der Waals surface area (Å²) in [6.07, 6.45) is 8.99. The van der Waals surface area contributed by atoms with E-state index in [9.17, 15) is 4.79 Å². The number of hydrogen-bond acceptors (Lipinski definition) is 2. The number of rotatable bonds is 4. The molecule has 3 heteroatoms. The third-order valence-corrected chi connectivity index (χ3v) is 4.39. The van der Waals surface area contributed by atoms with Crippen LogP contribution in [0.1, 0.15) is 51.9 Å². The molecule has 0 spiro atoms. The van der Waals surface area contributed by atoms with Crippen LogP contribution in [0.4, 0.5) is 0 Å². The lowest BCUT2D eigenvalue weighted by Crippen LogP contribution is -2.44. The third kappa shape index (κ3) is 3.70. The van der Waals surface area contributed by atoms with Crippen molar-refractivity contribution >= 4 is 5.91 Å². The molecule has 2 fully saturated rings. The Bertz CT molecular complexity index is 243. The fourth-order valence-corrected chi connectivity index (χ4v) is 2.79. The molecule has 0 aromatic heterocycles. The molecule has 1 saturated carbocycles. The van der Waals surface area contributed by atoms with Crippen LogP contribution in [0.5, 0.6) is 0 Å². The van der Waals surface area contributed by atoms with Gasteiger partial charge in [0, 0.05) is 19.1 Å². The summed E-state index contributed by atoms with van der Waals surface area (Å²) in [5, 5.41) is 3.41. The Hall–Kier alpha value is -0.570. The first-order valence-corrected chi connectivity index (χ1v) is 7.28. The van der Waals surface area contributed by atoms with Gasteiger partial charge in [-0.3, -0.25) is 4.79 Å². The third-order valence-electron chi connectivity index (χ3n) is 4.39. The predicted molar refractivity (Wildman–Crippen MR) is 69.9 cm³/mol. The number of amides is 1.